The molecule has 0 unspecified atom stereocenters. The van der Waals surface area contributed by atoms with Crippen LogP contribution in [0.5, 0.6) is 0 Å². The van der Waals surface area contributed by atoms with Crippen LogP contribution in [-0.4, -0.2) is 48.3 Å². The number of methoxy groups -OCH3 is 1. The van der Waals surface area contributed by atoms with Crippen LogP contribution in [0.1, 0.15) is 59.8 Å². The van der Waals surface area contributed by atoms with Crippen LogP contribution >= 0.6 is 22.7 Å². The third-order valence-electron chi connectivity index (χ3n) is 7.55. The Morgan fingerprint density at radius 2 is 2.21 bits per heavy atom. The van der Waals surface area contributed by atoms with E-state index >= 15 is 0 Å². The second-order valence-corrected chi connectivity index (χ2v) is 11.7. The molecule has 1 saturated carbocycles. The Kier molecular flexibility index (Phi) is 7.23. The number of aromatic nitrogens is 1. The Bertz CT molecular complexity index is 992. The van der Waals surface area contributed by atoms with Crippen molar-refractivity contribution < 1.29 is 19.4 Å². The van der Waals surface area contributed by atoms with Gasteiger partial charge in [0.05, 0.1) is 23.3 Å². The van der Waals surface area contributed by atoms with E-state index in [1.807, 2.05) is 18.4 Å². The molecule has 2 amide bonds. The number of ether oxygens (including phenoxy) is 1. The van der Waals surface area contributed by atoms with E-state index in [1.165, 1.54) is 16.2 Å². The van der Waals surface area contributed by atoms with Crippen LogP contribution in [0.15, 0.2) is 17.5 Å². The summed E-state index contributed by atoms with van der Waals surface area (Å²) in [7, 11) is 1.61. The minimum absolute atomic E-state index is 0.0147. The van der Waals surface area contributed by atoms with Gasteiger partial charge in [-0.2, -0.15) is 0 Å². The third-order valence-corrected chi connectivity index (χ3v) is 9.40. The maximum absolute atomic E-state index is 12.7. The predicted octanol–water partition coefficient (Wildman–Crippen LogP) is 3.91. The molecular formula is C24H33N3O4S2. The molecule has 1 fully saturated rings. The first-order valence-electron chi connectivity index (χ1n) is 11.5. The molecule has 2 heterocycles. The van der Waals surface area contributed by atoms with Gasteiger partial charge >= 0.3 is 0 Å². The van der Waals surface area contributed by atoms with E-state index < -0.39 is 6.10 Å². The first kappa shape index (κ1) is 24.3. The summed E-state index contributed by atoms with van der Waals surface area (Å²) in [6.07, 6.45) is 2.02. The molecule has 0 aliphatic heterocycles. The average molecular weight is 492 g/mol. The molecule has 180 valence electrons. The first-order valence-corrected chi connectivity index (χ1v) is 13.2. The van der Waals surface area contributed by atoms with Crippen LogP contribution < -0.4 is 10.6 Å². The normalized spacial score (nSPS) is 29.6. The topological polar surface area (TPSA) is 101 Å². The number of rotatable bonds is 7. The largest absolute Gasteiger partial charge is 0.392 e. The van der Waals surface area contributed by atoms with Crippen LogP contribution in [0.25, 0.3) is 0 Å². The van der Waals surface area contributed by atoms with Gasteiger partial charge in [-0.1, -0.05) is 26.8 Å². The predicted molar refractivity (Wildman–Crippen MR) is 131 cm³/mol. The Labute approximate surface area is 203 Å². The van der Waals surface area contributed by atoms with Gasteiger partial charge in [-0.05, 0) is 48.0 Å². The monoisotopic (exact) mass is 491 g/mol. The fraction of sp³-hybridized carbons (Fsp3) is 0.625. The maximum atomic E-state index is 12.7. The number of fused-ring (bicyclic) bond motifs is 2. The van der Waals surface area contributed by atoms with E-state index in [4.69, 9.17) is 9.72 Å². The second-order valence-electron chi connectivity index (χ2n) is 9.67. The van der Waals surface area contributed by atoms with Crippen molar-refractivity contribution >= 4 is 39.6 Å². The molecule has 0 bridgehead atoms. The number of hydrogen-bond donors (Lipinski definition) is 3. The molecule has 0 aromatic carbocycles. The minimum Gasteiger partial charge on any atom is -0.392 e. The van der Waals surface area contributed by atoms with E-state index in [2.05, 4.69) is 24.5 Å². The van der Waals surface area contributed by atoms with Gasteiger partial charge in [0.15, 0.2) is 5.13 Å². The number of aliphatic hydroxyl groups excluding tert-OH is 1. The maximum Gasteiger partial charge on any atom is 0.267 e. The molecular weight excluding hydrogens is 458 g/mol. The molecule has 0 saturated heterocycles. The van der Waals surface area contributed by atoms with Crippen molar-refractivity contribution in [1.82, 2.24) is 10.3 Å². The standard InChI is InChI=1S/C24H33N3O4S2/c1-13(21(29)25-9-10-31-4)15-7-8-24(3)12-17-19(14(2)18(24)20(15)28)26-23(33-17)27-22(30)16-6-5-11-32-16/h5-6,11,13-15,18,20,28H,7-10,12H2,1-4H3,(H,25,29)(H,26,27,30)/t13-,14-,15-,18+,20-,24+/m0/s1. The van der Waals surface area contributed by atoms with Gasteiger partial charge in [-0.25, -0.2) is 4.98 Å². The quantitative estimate of drug-likeness (QED) is 0.510. The van der Waals surface area contributed by atoms with Crippen molar-refractivity contribution in [3.05, 3.63) is 33.0 Å². The molecule has 0 spiro atoms. The van der Waals surface area contributed by atoms with E-state index in [0.717, 1.165) is 25.0 Å². The zero-order chi connectivity index (χ0) is 23.8. The summed E-state index contributed by atoms with van der Waals surface area (Å²) in [5.41, 5.74) is 0.914. The number of carbonyl (C=O) groups excluding carboxylic acids is 2. The van der Waals surface area contributed by atoms with Crippen molar-refractivity contribution in [2.45, 2.75) is 52.1 Å². The van der Waals surface area contributed by atoms with Gasteiger partial charge in [0.25, 0.3) is 5.91 Å². The van der Waals surface area contributed by atoms with Crippen molar-refractivity contribution in [2.24, 2.45) is 23.2 Å². The van der Waals surface area contributed by atoms with Gasteiger partial charge in [0.2, 0.25) is 5.91 Å². The molecule has 3 N–H and O–H groups in total. The smallest absolute Gasteiger partial charge is 0.267 e. The summed E-state index contributed by atoms with van der Waals surface area (Å²) in [5.74, 6) is -0.473. The summed E-state index contributed by atoms with van der Waals surface area (Å²) in [5, 5.41) is 19.9. The van der Waals surface area contributed by atoms with E-state index in [1.54, 1.807) is 24.5 Å². The number of aliphatic hydroxyl groups is 1. The molecule has 2 aliphatic rings. The molecule has 6 atom stereocenters. The van der Waals surface area contributed by atoms with Crippen LogP contribution in [0, 0.1) is 23.2 Å². The highest BCUT2D eigenvalue weighted by atomic mass is 32.1. The molecule has 9 heteroatoms. The lowest BCUT2D eigenvalue weighted by Crippen LogP contribution is -2.53. The number of nitrogens with one attached hydrogen (secondary N) is 2. The van der Waals surface area contributed by atoms with Crippen LogP contribution in [0.3, 0.4) is 0 Å². The minimum atomic E-state index is -0.582. The SMILES string of the molecule is COCCNC(=O)[C@@H](C)[C@@H]1CC[C@]2(C)Cc3sc(NC(=O)c4cccs4)nc3[C@@H](C)[C@@H]2[C@H]1O. The summed E-state index contributed by atoms with van der Waals surface area (Å²) >= 11 is 2.95. The van der Waals surface area contributed by atoms with Crippen molar-refractivity contribution in [1.29, 1.82) is 0 Å². The summed E-state index contributed by atoms with van der Waals surface area (Å²) < 4.78 is 5.02. The number of amides is 2. The number of thiazole rings is 1. The van der Waals surface area contributed by atoms with Crippen molar-refractivity contribution in [3.63, 3.8) is 0 Å². The van der Waals surface area contributed by atoms with Gasteiger partial charge in [-0.15, -0.1) is 22.7 Å². The lowest BCUT2D eigenvalue weighted by atomic mass is 9.53. The van der Waals surface area contributed by atoms with Crippen molar-refractivity contribution in [2.75, 3.05) is 25.6 Å². The molecule has 7 nitrogen and oxygen atoms in total. The summed E-state index contributed by atoms with van der Waals surface area (Å²) in [6, 6.07) is 3.66. The van der Waals surface area contributed by atoms with Gasteiger partial charge in [-0.3, -0.25) is 14.9 Å². The fourth-order valence-electron chi connectivity index (χ4n) is 5.80. The number of anilines is 1. The highest BCUT2D eigenvalue weighted by Gasteiger charge is 2.53. The van der Waals surface area contributed by atoms with Crippen molar-refractivity contribution in [3.8, 4) is 0 Å². The zero-order valence-electron chi connectivity index (χ0n) is 19.6. The Hall–Kier alpha value is -1.81. The molecule has 4 rings (SSSR count). The first-order chi connectivity index (χ1) is 15.7. The van der Waals surface area contributed by atoms with E-state index in [9.17, 15) is 14.7 Å². The Balaban J connectivity index is 1.51. The molecule has 2 aromatic heterocycles. The lowest BCUT2D eigenvalue weighted by Gasteiger charge is -2.53. The number of carbonyl (C=O) groups is 2. The van der Waals surface area contributed by atoms with E-state index in [0.29, 0.717) is 23.2 Å². The fourth-order valence-corrected chi connectivity index (χ4v) is 7.68. The van der Waals surface area contributed by atoms with Gasteiger partial charge < -0.3 is 15.2 Å². The third kappa shape index (κ3) is 4.73. The Morgan fingerprint density at radius 1 is 1.42 bits per heavy atom. The highest BCUT2D eigenvalue weighted by molar-refractivity contribution is 7.16. The van der Waals surface area contributed by atoms with Gasteiger partial charge in [0, 0.05) is 30.4 Å². The average Bonchev–Trinajstić information content (AvgIpc) is 3.43. The number of thiophene rings is 1. The van der Waals surface area contributed by atoms with Crippen LogP contribution in [-0.2, 0) is 16.0 Å². The number of nitrogens with zero attached hydrogens (tertiary/aromatic N) is 1. The Morgan fingerprint density at radius 3 is 2.91 bits per heavy atom. The van der Waals surface area contributed by atoms with E-state index in [-0.39, 0.29) is 40.9 Å². The zero-order valence-corrected chi connectivity index (χ0v) is 21.2. The van der Waals surface area contributed by atoms with Crippen LogP contribution in [0.2, 0.25) is 0 Å². The number of hydrogen-bond acceptors (Lipinski definition) is 7. The molecule has 2 aliphatic carbocycles. The highest BCUT2D eigenvalue weighted by Crippen LogP contribution is 2.57. The second kappa shape index (κ2) is 9.82. The van der Waals surface area contributed by atoms with Crippen LogP contribution in [0.4, 0.5) is 5.13 Å². The summed E-state index contributed by atoms with van der Waals surface area (Å²) in [4.78, 5) is 31.8. The summed E-state index contributed by atoms with van der Waals surface area (Å²) in [6.45, 7) is 7.24. The lowest BCUT2D eigenvalue weighted by molar-refractivity contribution is -0.135. The molecule has 33 heavy (non-hydrogen) atoms. The van der Waals surface area contributed by atoms with Gasteiger partial charge in [0.1, 0.15) is 0 Å². The molecule has 0 radical (unpaired) electrons. The molecule has 2 aromatic rings.